The van der Waals surface area contributed by atoms with Crippen LogP contribution in [-0.2, 0) is 0 Å². The van der Waals surface area contributed by atoms with E-state index in [1.54, 1.807) is 0 Å². The number of rotatable bonds is 4. The van der Waals surface area contributed by atoms with Gasteiger partial charge in [0.2, 0.25) is 0 Å². The molecule has 0 atom stereocenters. The van der Waals surface area contributed by atoms with Gasteiger partial charge < -0.3 is 5.32 Å². The molecule has 1 aromatic rings. The van der Waals surface area contributed by atoms with Gasteiger partial charge in [-0.15, -0.1) is 0 Å². The highest BCUT2D eigenvalue weighted by Gasteiger charge is 2.01. The highest BCUT2D eigenvalue weighted by molar-refractivity contribution is 5.58. The van der Waals surface area contributed by atoms with Crippen molar-refractivity contribution in [2.75, 3.05) is 11.9 Å². The molecule has 1 rings (SSSR count). The van der Waals surface area contributed by atoms with E-state index in [2.05, 4.69) is 25.2 Å². The quantitative estimate of drug-likeness (QED) is 0.813. The van der Waals surface area contributed by atoms with Gasteiger partial charge in [0.25, 0.3) is 0 Å². The van der Waals surface area contributed by atoms with E-state index in [9.17, 15) is 0 Å². The van der Waals surface area contributed by atoms with Gasteiger partial charge in [-0.25, -0.2) is 0 Å². The van der Waals surface area contributed by atoms with Crippen molar-refractivity contribution < 1.29 is 0 Å². The van der Waals surface area contributed by atoms with Crippen LogP contribution in [0.25, 0.3) is 0 Å². The molecule has 0 aliphatic carbocycles. The normalized spacial score (nSPS) is 10.1. The Labute approximate surface area is 91.9 Å². The zero-order chi connectivity index (χ0) is 11.3. The van der Waals surface area contributed by atoms with Crippen molar-refractivity contribution in [1.29, 1.82) is 5.26 Å². The first-order valence-electron chi connectivity index (χ1n) is 5.38. The molecular formula is C13H18N2. The molecule has 1 N–H and O–H groups in total. The number of aryl methyl sites for hydroxylation is 1. The maximum atomic E-state index is 8.93. The van der Waals surface area contributed by atoms with Crippen LogP contribution < -0.4 is 5.32 Å². The van der Waals surface area contributed by atoms with Gasteiger partial charge in [-0.2, -0.15) is 5.26 Å². The van der Waals surface area contributed by atoms with Gasteiger partial charge in [0.05, 0.1) is 11.3 Å². The number of hydrogen-bond donors (Lipinski definition) is 1. The molecule has 0 spiro atoms. The average molecular weight is 202 g/mol. The van der Waals surface area contributed by atoms with Gasteiger partial charge in [-0.3, -0.25) is 0 Å². The summed E-state index contributed by atoms with van der Waals surface area (Å²) in [5.74, 6) is 0.688. The third-order valence-electron chi connectivity index (χ3n) is 2.33. The number of benzene rings is 1. The Morgan fingerprint density at radius 3 is 2.73 bits per heavy atom. The average Bonchev–Trinajstić information content (AvgIpc) is 2.17. The third-order valence-corrected chi connectivity index (χ3v) is 2.33. The summed E-state index contributed by atoms with van der Waals surface area (Å²) < 4.78 is 0. The highest BCUT2D eigenvalue weighted by Crippen LogP contribution is 2.16. The Morgan fingerprint density at radius 2 is 2.13 bits per heavy atom. The zero-order valence-electron chi connectivity index (χ0n) is 9.67. The van der Waals surface area contributed by atoms with Crippen molar-refractivity contribution in [3.63, 3.8) is 0 Å². The van der Waals surface area contributed by atoms with Crippen molar-refractivity contribution in [1.82, 2.24) is 0 Å². The van der Waals surface area contributed by atoms with E-state index in [0.717, 1.165) is 24.2 Å². The first-order valence-corrected chi connectivity index (χ1v) is 5.38. The summed E-state index contributed by atoms with van der Waals surface area (Å²) in [5, 5.41) is 12.2. The zero-order valence-corrected chi connectivity index (χ0v) is 9.67. The van der Waals surface area contributed by atoms with Crippen LogP contribution in [-0.4, -0.2) is 6.54 Å². The highest BCUT2D eigenvalue weighted by atomic mass is 14.9. The molecule has 0 amide bonds. The van der Waals surface area contributed by atoms with Crippen molar-refractivity contribution >= 4 is 5.69 Å². The Morgan fingerprint density at radius 1 is 1.40 bits per heavy atom. The number of nitriles is 1. The minimum atomic E-state index is 0.688. The van der Waals surface area contributed by atoms with Crippen molar-refractivity contribution in [3.8, 4) is 6.07 Å². The van der Waals surface area contributed by atoms with Gasteiger partial charge in [-0.1, -0.05) is 19.9 Å². The van der Waals surface area contributed by atoms with E-state index >= 15 is 0 Å². The Kier molecular flexibility index (Phi) is 4.17. The fraction of sp³-hybridized carbons (Fsp3) is 0.462. The molecule has 80 valence electrons. The molecule has 0 saturated carbocycles. The lowest BCUT2D eigenvalue weighted by molar-refractivity contribution is 0.607. The fourth-order valence-corrected chi connectivity index (χ4v) is 1.40. The largest absolute Gasteiger partial charge is 0.384 e. The molecule has 2 nitrogen and oxygen atoms in total. The molecule has 0 bridgehead atoms. The summed E-state index contributed by atoms with van der Waals surface area (Å²) in [5.41, 5.74) is 2.86. The van der Waals surface area contributed by atoms with Gasteiger partial charge in [0.1, 0.15) is 6.07 Å². The fourth-order valence-electron chi connectivity index (χ4n) is 1.40. The van der Waals surface area contributed by atoms with Crippen LogP contribution in [0.1, 0.15) is 31.4 Å². The molecule has 2 heteroatoms. The number of nitrogens with one attached hydrogen (secondary N) is 1. The predicted molar refractivity (Wildman–Crippen MR) is 63.8 cm³/mol. The maximum Gasteiger partial charge on any atom is 0.101 e. The second-order valence-electron chi connectivity index (χ2n) is 4.27. The van der Waals surface area contributed by atoms with Crippen molar-refractivity contribution in [2.24, 2.45) is 5.92 Å². The Hall–Kier alpha value is -1.49. The van der Waals surface area contributed by atoms with Crippen molar-refractivity contribution in [2.45, 2.75) is 27.2 Å². The first-order chi connectivity index (χ1) is 7.13. The Bertz CT molecular complexity index is 361. The van der Waals surface area contributed by atoms with Crippen LogP contribution in [0.15, 0.2) is 18.2 Å². The van der Waals surface area contributed by atoms with E-state index in [1.807, 2.05) is 25.1 Å². The lowest BCUT2D eigenvalue weighted by atomic mass is 10.1. The molecule has 0 fully saturated rings. The van der Waals surface area contributed by atoms with Gasteiger partial charge >= 0.3 is 0 Å². The summed E-state index contributed by atoms with van der Waals surface area (Å²) in [7, 11) is 0. The van der Waals surface area contributed by atoms with Gasteiger partial charge in [0, 0.05) is 6.54 Å². The monoisotopic (exact) mass is 202 g/mol. The minimum absolute atomic E-state index is 0.688. The SMILES string of the molecule is Cc1ccc(C#N)c(NCCC(C)C)c1. The van der Waals surface area contributed by atoms with E-state index < -0.39 is 0 Å². The second-order valence-corrected chi connectivity index (χ2v) is 4.27. The number of nitrogens with zero attached hydrogens (tertiary/aromatic N) is 1. The molecule has 0 aliphatic heterocycles. The second kappa shape index (κ2) is 5.41. The summed E-state index contributed by atoms with van der Waals surface area (Å²) in [6, 6.07) is 8.06. The summed E-state index contributed by atoms with van der Waals surface area (Å²) >= 11 is 0. The molecule has 0 aromatic heterocycles. The summed E-state index contributed by atoms with van der Waals surface area (Å²) in [6.45, 7) is 7.36. The van der Waals surface area contributed by atoms with Crippen LogP contribution >= 0.6 is 0 Å². The van der Waals surface area contributed by atoms with Crippen molar-refractivity contribution in [3.05, 3.63) is 29.3 Å². The van der Waals surface area contributed by atoms with Crippen LogP contribution in [0.3, 0.4) is 0 Å². The van der Waals surface area contributed by atoms with E-state index in [0.29, 0.717) is 5.92 Å². The van der Waals surface area contributed by atoms with E-state index in [-0.39, 0.29) is 0 Å². The molecule has 0 aliphatic rings. The van der Waals surface area contributed by atoms with Crippen LogP contribution in [0.5, 0.6) is 0 Å². The maximum absolute atomic E-state index is 8.93. The molecule has 0 radical (unpaired) electrons. The van der Waals surface area contributed by atoms with Gasteiger partial charge in [-0.05, 0) is 37.0 Å². The van der Waals surface area contributed by atoms with E-state index in [4.69, 9.17) is 5.26 Å². The van der Waals surface area contributed by atoms with Crippen LogP contribution in [0.4, 0.5) is 5.69 Å². The lowest BCUT2D eigenvalue weighted by Gasteiger charge is -2.10. The van der Waals surface area contributed by atoms with Crippen LogP contribution in [0, 0.1) is 24.2 Å². The number of hydrogen-bond acceptors (Lipinski definition) is 2. The number of anilines is 1. The predicted octanol–water partition coefficient (Wildman–Crippen LogP) is 3.32. The van der Waals surface area contributed by atoms with Crippen LogP contribution in [0.2, 0.25) is 0 Å². The molecule has 0 saturated heterocycles. The topological polar surface area (TPSA) is 35.8 Å². The smallest absolute Gasteiger partial charge is 0.101 e. The molecular weight excluding hydrogens is 184 g/mol. The molecule has 0 heterocycles. The lowest BCUT2D eigenvalue weighted by Crippen LogP contribution is -2.06. The Balaban J connectivity index is 2.67. The summed E-state index contributed by atoms with van der Waals surface area (Å²) in [4.78, 5) is 0. The third kappa shape index (κ3) is 3.63. The molecule has 1 aromatic carbocycles. The van der Waals surface area contributed by atoms with E-state index in [1.165, 1.54) is 5.56 Å². The minimum Gasteiger partial charge on any atom is -0.384 e. The summed E-state index contributed by atoms with van der Waals surface area (Å²) in [6.07, 6.45) is 1.12. The molecule has 0 unspecified atom stereocenters. The first kappa shape index (κ1) is 11.6. The standard InChI is InChI=1S/C13H18N2/c1-10(2)6-7-15-13-8-11(3)4-5-12(13)9-14/h4-5,8,10,15H,6-7H2,1-3H3. The van der Waals surface area contributed by atoms with Gasteiger partial charge in [0.15, 0.2) is 0 Å². The molecule has 15 heavy (non-hydrogen) atoms.